The van der Waals surface area contributed by atoms with Gasteiger partial charge in [-0.2, -0.15) is 11.8 Å². The van der Waals surface area contributed by atoms with Gasteiger partial charge in [-0.15, -0.1) is 24.0 Å². The lowest BCUT2D eigenvalue weighted by molar-refractivity contribution is 0.114. The van der Waals surface area contributed by atoms with Crippen LogP contribution in [0.2, 0.25) is 10.0 Å². The molecule has 1 aromatic carbocycles. The van der Waals surface area contributed by atoms with E-state index in [1.165, 1.54) is 12.2 Å². The molecule has 0 radical (unpaired) electrons. The zero-order chi connectivity index (χ0) is 18.1. The first-order chi connectivity index (χ1) is 12.1. The standard InChI is InChI=1S/C17H25Cl2N3O2S.HI/c1-2-20-17(22-12-5-4-8-25-11-12)21-9-13(23)10-24-15-7-3-6-14(18)16(15)19;/h3,6-7,12-13,23H,2,4-5,8-11H2,1H3,(H2,20,21,22);1H. The van der Waals surface area contributed by atoms with Crippen molar-refractivity contribution in [1.29, 1.82) is 0 Å². The highest BCUT2D eigenvalue weighted by Gasteiger charge is 2.15. The van der Waals surface area contributed by atoms with Crippen LogP contribution >= 0.6 is 58.9 Å². The van der Waals surface area contributed by atoms with Crippen molar-refractivity contribution in [2.75, 3.05) is 31.2 Å². The van der Waals surface area contributed by atoms with Crippen molar-refractivity contribution in [1.82, 2.24) is 10.6 Å². The van der Waals surface area contributed by atoms with Gasteiger partial charge in [0.2, 0.25) is 0 Å². The van der Waals surface area contributed by atoms with E-state index in [0.29, 0.717) is 21.8 Å². The first kappa shape index (κ1) is 23.9. The molecule has 0 aromatic heterocycles. The quantitative estimate of drug-likeness (QED) is 0.282. The smallest absolute Gasteiger partial charge is 0.191 e. The fourth-order valence-electron chi connectivity index (χ4n) is 2.40. The van der Waals surface area contributed by atoms with Crippen LogP contribution < -0.4 is 15.4 Å². The molecule has 1 aliphatic heterocycles. The zero-order valence-corrected chi connectivity index (χ0v) is 19.4. The molecule has 3 N–H and O–H groups in total. The minimum Gasteiger partial charge on any atom is -0.489 e. The molecule has 0 saturated carbocycles. The number of nitrogens with zero attached hydrogens (tertiary/aromatic N) is 1. The van der Waals surface area contributed by atoms with Crippen LogP contribution in [-0.4, -0.2) is 54.4 Å². The number of rotatable bonds is 7. The van der Waals surface area contributed by atoms with Crippen LogP contribution in [-0.2, 0) is 0 Å². The third-order valence-electron chi connectivity index (χ3n) is 3.65. The van der Waals surface area contributed by atoms with Gasteiger partial charge in [0, 0.05) is 18.3 Å². The van der Waals surface area contributed by atoms with E-state index in [9.17, 15) is 5.11 Å². The number of aliphatic hydroxyl groups is 1. The van der Waals surface area contributed by atoms with E-state index in [0.717, 1.165) is 24.7 Å². The molecule has 1 heterocycles. The molecule has 148 valence electrons. The number of guanidine groups is 1. The number of thioether (sulfide) groups is 1. The van der Waals surface area contributed by atoms with Gasteiger partial charge >= 0.3 is 0 Å². The monoisotopic (exact) mass is 533 g/mol. The summed E-state index contributed by atoms with van der Waals surface area (Å²) in [5.74, 6) is 3.51. The summed E-state index contributed by atoms with van der Waals surface area (Å²) in [7, 11) is 0. The predicted octanol–water partition coefficient (Wildman–Crippen LogP) is 3.80. The molecule has 0 spiro atoms. The number of halogens is 3. The van der Waals surface area contributed by atoms with E-state index in [1.54, 1.807) is 18.2 Å². The first-order valence-electron chi connectivity index (χ1n) is 8.47. The number of ether oxygens (including phenoxy) is 1. The van der Waals surface area contributed by atoms with Crippen LogP contribution in [0.1, 0.15) is 19.8 Å². The molecule has 1 saturated heterocycles. The number of aliphatic hydroxyl groups excluding tert-OH is 1. The Balaban J connectivity index is 0.00000338. The van der Waals surface area contributed by atoms with Crippen molar-refractivity contribution in [2.24, 2.45) is 4.99 Å². The molecule has 2 atom stereocenters. The second kappa shape index (κ2) is 13.1. The largest absolute Gasteiger partial charge is 0.489 e. The molecule has 1 fully saturated rings. The molecule has 9 heteroatoms. The van der Waals surface area contributed by atoms with Gasteiger partial charge in [0.1, 0.15) is 23.5 Å². The molecular formula is C17H26Cl2IN3O2S. The normalized spacial score (nSPS) is 18.6. The van der Waals surface area contributed by atoms with Gasteiger partial charge < -0.3 is 20.5 Å². The highest BCUT2D eigenvalue weighted by Crippen LogP contribution is 2.31. The fourth-order valence-corrected chi connectivity index (χ4v) is 3.82. The Labute approximate surface area is 186 Å². The number of nitrogens with one attached hydrogen (secondary N) is 2. The van der Waals surface area contributed by atoms with E-state index in [2.05, 4.69) is 15.6 Å². The average Bonchev–Trinajstić information content (AvgIpc) is 2.62. The number of benzene rings is 1. The Morgan fingerprint density at radius 2 is 2.27 bits per heavy atom. The summed E-state index contributed by atoms with van der Waals surface area (Å²) in [5.41, 5.74) is 0. The lowest BCUT2D eigenvalue weighted by Crippen LogP contribution is -2.46. The molecular weight excluding hydrogens is 508 g/mol. The Kier molecular flexibility index (Phi) is 12.1. The maximum Gasteiger partial charge on any atom is 0.191 e. The minimum atomic E-state index is -0.730. The summed E-state index contributed by atoms with van der Waals surface area (Å²) in [6.07, 6.45) is 1.64. The number of hydrogen-bond donors (Lipinski definition) is 3. The molecule has 26 heavy (non-hydrogen) atoms. The SMILES string of the molecule is CCNC(=NCC(O)COc1cccc(Cl)c1Cl)NC1CCCSC1.I. The first-order valence-corrected chi connectivity index (χ1v) is 10.4. The Morgan fingerprint density at radius 3 is 2.96 bits per heavy atom. The Morgan fingerprint density at radius 1 is 1.46 bits per heavy atom. The third-order valence-corrected chi connectivity index (χ3v) is 5.67. The average molecular weight is 534 g/mol. The van der Waals surface area contributed by atoms with Crippen LogP contribution in [0.15, 0.2) is 23.2 Å². The fraction of sp³-hybridized carbons (Fsp3) is 0.588. The van der Waals surface area contributed by atoms with Crippen molar-refractivity contribution >= 4 is 64.9 Å². The third kappa shape index (κ3) is 8.29. The van der Waals surface area contributed by atoms with Crippen LogP contribution in [0.25, 0.3) is 0 Å². The minimum absolute atomic E-state index is 0. The summed E-state index contributed by atoms with van der Waals surface area (Å²) in [6, 6.07) is 5.59. The second-order valence-corrected chi connectivity index (χ2v) is 7.73. The Bertz CT molecular complexity index is 575. The topological polar surface area (TPSA) is 65.9 Å². The molecule has 0 amide bonds. The van der Waals surface area contributed by atoms with Gasteiger partial charge in [-0.05, 0) is 37.7 Å². The summed E-state index contributed by atoms with van der Waals surface area (Å²) in [6.45, 7) is 3.14. The van der Waals surface area contributed by atoms with Gasteiger partial charge in [0.15, 0.2) is 5.96 Å². The molecule has 2 unspecified atom stereocenters. The van der Waals surface area contributed by atoms with Crippen LogP contribution in [0.4, 0.5) is 0 Å². The van der Waals surface area contributed by atoms with Crippen LogP contribution in [0, 0.1) is 0 Å². The van der Waals surface area contributed by atoms with Crippen molar-refractivity contribution in [3.05, 3.63) is 28.2 Å². The van der Waals surface area contributed by atoms with Crippen molar-refractivity contribution in [2.45, 2.75) is 31.9 Å². The van der Waals surface area contributed by atoms with E-state index < -0.39 is 6.10 Å². The van der Waals surface area contributed by atoms with Gasteiger partial charge in [-0.3, -0.25) is 4.99 Å². The van der Waals surface area contributed by atoms with Gasteiger partial charge in [-0.1, -0.05) is 29.3 Å². The van der Waals surface area contributed by atoms with Gasteiger partial charge in [-0.25, -0.2) is 0 Å². The lowest BCUT2D eigenvalue weighted by atomic mass is 10.2. The Hall–Kier alpha value is -0.0900. The molecule has 2 rings (SSSR count). The summed E-state index contributed by atoms with van der Waals surface area (Å²) in [5, 5.41) is 17.5. The van der Waals surface area contributed by atoms with E-state index in [-0.39, 0.29) is 37.1 Å². The predicted molar refractivity (Wildman–Crippen MR) is 123 cm³/mol. The van der Waals surface area contributed by atoms with Crippen LogP contribution in [0.3, 0.4) is 0 Å². The summed E-state index contributed by atoms with van der Waals surface area (Å²) in [4.78, 5) is 4.46. The molecule has 1 aromatic rings. The highest BCUT2D eigenvalue weighted by molar-refractivity contribution is 14.0. The second-order valence-electron chi connectivity index (χ2n) is 5.79. The molecule has 1 aliphatic rings. The van der Waals surface area contributed by atoms with Gasteiger partial charge in [0.25, 0.3) is 0 Å². The zero-order valence-electron chi connectivity index (χ0n) is 14.7. The maximum atomic E-state index is 10.1. The van der Waals surface area contributed by atoms with E-state index in [4.69, 9.17) is 27.9 Å². The maximum absolute atomic E-state index is 10.1. The number of aliphatic imine (C=N–C) groups is 1. The van der Waals surface area contributed by atoms with E-state index in [1.807, 2.05) is 18.7 Å². The summed E-state index contributed by atoms with van der Waals surface area (Å²) < 4.78 is 5.54. The van der Waals surface area contributed by atoms with Crippen molar-refractivity contribution < 1.29 is 9.84 Å². The van der Waals surface area contributed by atoms with Crippen molar-refractivity contribution in [3.8, 4) is 5.75 Å². The van der Waals surface area contributed by atoms with Gasteiger partial charge in [0.05, 0.1) is 11.6 Å². The van der Waals surface area contributed by atoms with Crippen molar-refractivity contribution in [3.63, 3.8) is 0 Å². The number of hydrogen-bond acceptors (Lipinski definition) is 4. The molecule has 0 bridgehead atoms. The molecule has 0 aliphatic carbocycles. The highest BCUT2D eigenvalue weighted by atomic mass is 127. The van der Waals surface area contributed by atoms with Crippen LogP contribution in [0.5, 0.6) is 5.75 Å². The lowest BCUT2D eigenvalue weighted by Gasteiger charge is -2.24. The van der Waals surface area contributed by atoms with E-state index >= 15 is 0 Å². The molecule has 5 nitrogen and oxygen atoms in total. The summed E-state index contributed by atoms with van der Waals surface area (Å²) >= 11 is 14.0.